The van der Waals surface area contributed by atoms with Crippen LogP contribution in [0.25, 0.3) is 0 Å². The minimum atomic E-state index is -0.764. The van der Waals surface area contributed by atoms with Crippen molar-refractivity contribution in [3.05, 3.63) is 33.9 Å². The molecular weight excluding hydrogens is 314 g/mol. The highest BCUT2D eigenvalue weighted by Gasteiger charge is 2.25. The topological polar surface area (TPSA) is 102 Å². The molecule has 1 aromatic carbocycles. The number of carbonyl (C=O) groups excluding carboxylic acids is 2. The third kappa shape index (κ3) is 4.21. The number of hydrogen-bond acceptors (Lipinski definition) is 6. The van der Waals surface area contributed by atoms with E-state index in [0.29, 0.717) is 11.6 Å². The molecule has 8 heteroatoms. The van der Waals surface area contributed by atoms with Gasteiger partial charge >= 0.3 is 5.97 Å². The third-order valence-electron chi connectivity index (χ3n) is 4.02. The van der Waals surface area contributed by atoms with Crippen LogP contribution in [-0.4, -0.2) is 43.5 Å². The molecule has 1 saturated heterocycles. The van der Waals surface area contributed by atoms with E-state index in [1.807, 2.05) is 4.90 Å². The van der Waals surface area contributed by atoms with Crippen LogP contribution in [0.1, 0.15) is 30.1 Å². The summed E-state index contributed by atoms with van der Waals surface area (Å²) in [6.07, 6.45) is 2.09. The van der Waals surface area contributed by atoms with Crippen LogP contribution in [0.4, 0.5) is 11.4 Å². The van der Waals surface area contributed by atoms with Crippen LogP contribution in [0.15, 0.2) is 18.2 Å². The Kier molecular flexibility index (Phi) is 5.73. The van der Waals surface area contributed by atoms with Gasteiger partial charge in [0, 0.05) is 26.2 Å². The average molecular weight is 335 g/mol. The van der Waals surface area contributed by atoms with Gasteiger partial charge < -0.3 is 15.0 Å². The average Bonchev–Trinajstić information content (AvgIpc) is 2.58. The van der Waals surface area contributed by atoms with Gasteiger partial charge in [0.1, 0.15) is 5.69 Å². The number of nitrogens with zero attached hydrogens (tertiary/aromatic N) is 2. The maximum absolute atomic E-state index is 11.9. The van der Waals surface area contributed by atoms with E-state index in [0.717, 1.165) is 25.9 Å². The van der Waals surface area contributed by atoms with E-state index in [1.165, 1.54) is 19.2 Å². The molecule has 1 fully saturated rings. The second-order valence-corrected chi connectivity index (χ2v) is 5.90. The number of nitro benzene ring substituents is 1. The highest BCUT2D eigenvalue weighted by atomic mass is 16.6. The number of benzene rings is 1. The van der Waals surface area contributed by atoms with Crippen molar-refractivity contribution < 1.29 is 19.2 Å². The van der Waals surface area contributed by atoms with Crippen LogP contribution < -0.4 is 10.2 Å². The molecule has 0 radical (unpaired) electrons. The number of carbonyl (C=O) groups is 2. The van der Waals surface area contributed by atoms with E-state index < -0.39 is 23.4 Å². The number of nitro groups is 1. The van der Waals surface area contributed by atoms with Gasteiger partial charge in [-0.25, -0.2) is 4.79 Å². The Morgan fingerprint density at radius 3 is 2.83 bits per heavy atom. The zero-order chi connectivity index (χ0) is 17.7. The molecule has 8 nitrogen and oxygen atoms in total. The van der Waals surface area contributed by atoms with E-state index >= 15 is 0 Å². The second kappa shape index (κ2) is 7.76. The van der Waals surface area contributed by atoms with Crippen LogP contribution in [0, 0.1) is 16.0 Å². The summed E-state index contributed by atoms with van der Waals surface area (Å²) >= 11 is 0. The van der Waals surface area contributed by atoms with Crippen molar-refractivity contribution in [2.24, 2.45) is 5.92 Å². The highest BCUT2D eigenvalue weighted by molar-refractivity contribution is 5.93. The summed E-state index contributed by atoms with van der Waals surface area (Å²) in [4.78, 5) is 35.9. The Morgan fingerprint density at radius 2 is 2.21 bits per heavy atom. The fraction of sp³-hybridized carbons (Fsp3) is 0.500. The standard InChI is InChI=1S/C16H21N3O5/c1-11-4-3-7-18(9-11)13-6-5-12(8-14(13)19(22)23)16(21)24-10-15(20)17-2/h5-6,8,11H,3-4,7,9-10H2,1-2H3,(H,17,20)/t11-/m1/s1. The summed E-state index contributed by atoms with van der Waals surface area (Å²) in [6.45, 7) is 3.20. The van der Waals surface area contributed by atoms with Gasteiger partial charge in [0.05, 0.1) is 10.5 Å². The van der Waals surface area contributed by atoms with E-state index in [2.05, 4.69) is 12.2 Å². The molecule has 0 aliphatic carbocycles. The molecule has 1 aliphatic heterocycles. The molecule has 0 spiro atoms. The molecule has 1 N–H and O–H groups in total. The summed E-state index contributed by atoms with van der Waals surface area (Å²) in [5.41, 5.74) is 0.437. The van der Waals surface area contributed by atoms with E-state index in [1.54, 1.807) is 6.07 Å². The van der Waals surface area contributed by atoms with Crippen LogP contribution in [0.3, 0.4) is 0 Å². The van der Waals surface area contributed by atoms with Crippen molar-refractivity contribution >= 4 is 23.3 Å². The molecule has 0 saturated carbocycles. The summed E-state index contributed by atoms with van der Waals surface area (Å²) in [6, 6.07) is 4.28. The number of piperidine rings is 1. The van der Waals surface area contributed by atoms with Crippen molar-refractivity contribution in [1.82, 2.24) is 5.32 Å². The van der Waals surface area contributed by atoms with Crippen LogP contribution in [0.5, 0.6) is 0 Å². The number of likely N-dealkylation sites (N-methyl/N-ethyl adjacent to an activating group) is 1. The van der Waals surface area contributed by atoms with Crippen LogP contribution >= 0.6 is 0 Å². The summed E-state index contributed by atoms with van der Waals surface area (Å²) in [5, 5.41) is 13.7. The fourth-order valence-corrected chi connectivity index (χ4v) is 2.76. The maximum atomic E-state index is 11.9. The van der Waals surface area contributed by atoms with Crippen LogP contribution in [-0.2, 0) is 9.53 Å². The fourth-order valence-electron chi connectivity index (χ4n) is 2.76. The van der Waals surface area contributed by atoms with Crippen molar-refractivity contribution in [3.8, 4) is 0 Å². The molecule has 1 aliphatic rings. The number of nitrogens with one attached hydrogen (secondary N) is 1. The second-order valence-electron chi connectivity index (χ2n) is 5.90. The third-order valence-corrected chi connectivity index (χ3v) is 4.02. The largest absolute Gasteiger partial charge is 0.452 e. The first-order chi connectivity index (χ1) is 11.4. The molecule has 2 rings (SSSR count). The van der Waals surface area contributed by atoms with Crippen LogP contribution in [0.2, 0.25) is 0 Å². The number of anilines is 1. The minimum Gasteiger partial charge on any atom is -0.452 e. The number of hydrogen-bond donors (Lipinski definition) is 1. The molecule has 0 unspecified atom stereocenters. The normalized spacial score (nSPS) is 17.2. The lowest BCUT2D eigenvalue weighted by molar-refractivity contribution is -0.384. The van der Waals surface area contributed by atoms with Crippen molar-refractivity contribution in [2.45, 2.75) is 19.8 Å². The molecule has 1 amide bonds. The van der Waals surface area contributed by atoms with Gasteiger partial charge in [-0.3, -0.25) is 14.9 Å². The monoisotopic (exact) mass is 335 g/mol. The van der Waals surface area contributed by atoms with Crippen molar-refractivity contribution in [1.29, 1.82) is 0 Å². The number of amides is 1. The zero-order valence-corrected chi connectivity index (χ0v) is 13.8. The zero-order valence-electron chi connectivity index (χ0n) is 13.8. The van der Waals surface area contributed by atoms with Crippen molar-refractivity contribution in [2.75, 3.05) is 31.6 Å². The Labute approximate surface area is 139 Å². The first-order valence-corrected chi connectivity index (χ1v) is 7.83. The smallest absolute Gasteiger partial charge is 0.338 e. The molecule has 1 heterocycles. The predicted octanol–water partition coefficient (Wildman–Crippen LogP) is 1.73. The lowest BCUT2D eigenvalue weighted by Gasteiger charge is -2.32. The van der Waals surface area contributed by atoms with Gasteiger partial charge in [0.25, 0.3) is 11.6 Å². The number of ether oxygens (including phenoxy) is 1. The van der Waals surface area contributed by atoms with Gasteiger partial charge in [-0.2, -0.15) is 0 Å². The van der Waals surface area contributed by atoms with E-state index in [9.17, 15) is 19.7 Å². The molecule has 130 valence electrons. The molecule has 1 atom stereocenters. The molecule has 0 aromatic heterocycles. The quantitative estimate of drug-likeness (QED) is 0.499. The molecular formula is C16H21N3O5. The minimum absolute atomic E-state index is 0.0550. The Bertz CT molecular complexity index is 647. The Morgan fingerprint density at radius 1 is 1.46 bits per heavy atom. The van der Waals surface area contributed by atoms with Crippen molar-refractivity contribution in [3.63, 3.8) is 0 Å². The molecule has 24 heavy (non-hydrogen) atoms. The first-order valence-electron chi connectivity index (χ1n) is 7.83. The van der Waals surface area contributed by atoms with E-state index in [-0.39, 0.29) is 11.3 Å². The lowest BCUT2D eigenvalue weighted by Crippen LogP contribution is -2.34. The van der Waals surface area contributed by atoms with E-state index in [4.69, 9.17) is 4.74 Å². The first kappa shape index (κ1) is 17.7. The maximum Gasteiger partial charge on any atom is 0.338 e. The summed E-state index contributed by atoms with van der Waals surface area (Å²) in [7, 11) is 1.43. The highest BCUT2D eigenvalue weighted by Crippen LogP contribution is 2.32. The Hall–Kier alpha value is -2.64. The van der Waals surface area contributed by atoms with Gasteiger partial charge in [-0.05, 0) is 30.9 Å². The van der Waals surface area contributed by atoms with Gasteiger partial charge in [0.2, 0.25) is 0 Å². The van der Waals surface area contributed by atoms with Gasteiger partial charge in [-0.1, -0.05) is 6.92 Å². The molecule has 0 bridgehead atoms. The van der Waals surface area contributed by atoms with Gasteiger partial charge in [0.15, 0.2) is 6.61 Å². The Balaban J connectivity index is 2.21. The van der Waals surface area contributed by atoms with Gasteiger partial charge in [-0.15, -0.1) is 0 Å². The number of esters is 1. The predicted molar refractivity (Wildman–Crippen MR) is 88.1 cm³/mol. The summed E-state index contributed by atoms with van der Waals surface area (Å²) in [5.74, 6) is -0.743. The SMILES string of the molecule is CNC(=O)COC(=O)c1ccc(N2CCC[C@@H](C)C2)c([N+](=O)[O-])c1. The lowest BCUT2D eigenvalue weighted by atomic mass is 9.99. The number of rotatable bonds is 5. The molecule has 1 aromatic rings. The summed E-state index contributed by atoms with van der Waals surface area (Å²) < 4.78 is 4.83.